The van der Waals surface area contributed by atoms with Crippen LogP contribution in [0.2, 0.25) is 0 Å². The van der Waals surface area contributed by atoms with Crippen LogP contribution in [-0.2, 0) is 4.74 Å². The molecular formula is C18H16Cl2O5. The first-order valence-electron chi connectivity index (χ1n) is 7.49. The minimum atomic E-state index is -0.501. The zero-order valence-electron chi connectivity index (χ0n) is 13.2. The predicted molar refractivity (Wildman–Crippen MR) is 95.1 cm³/mol. The SMILES string of the molecule is O=C(Cl)c1ccc(OCCOCCOc2ccc(C(=O)Cl)cc2)cc1. The maximum Gasteiger partial charge on any atom is 0.252 e. The number of benzene rings is 2. The number of hydrogen-bond donors (Lipinski definition) is 0. The zero-order valence-corrected chi connectivity index (χ0v) is 14.8. The molecule has 0 saturated heterocycles. The van der Waals surface area contributed by atoms with Crippen LogP contribution in [0.1, 0.15) is 20.7 Å². The van der Waals surface area contributed by atoms with Gasteiger partial charge in [0.05, 0.1) is 13.2 Å². The Bertz CT molecular complexity index is 637. The molecule has 2 rings (SSSR count). The molecule has 0 aliphatic heterocycles. The summed E-state index contributed by atoms with van der Waals surface area (Å²) in [5, 5.41) is -1.00. The topological polar surface area (TPSA) is 61.8 Å². The molecule has 0 atom stereocenters. The van der Waals surface area contributed by atoms with Gasteiger partial charge in [0, 0.05) is 11.1 Å². The fraction of sp³-hybridized carbons (Fsp3) is 0.222. The van der Waals surface area contributed by atoms with Gasteiger partial charge in [0.1, 0.15) is 24.7 Å². The van der Waals surface area contributed by atoms with Gasteiger partial charge in [-0.3, -0.25) is 9.59 Å². The van der Waals surface area contributed by atoms with Gasteiger partial charge in [0.15, 0.2) is 0 Å². The highest BCUT2D eigenvalue weighted by molar-refractivity contribution is 6.68. The van der Waals surface area contributed by atoms with E-state index in [0.717, 1.165) is 0 Å². The number of carbonyl (C=O) groups excluding carboxylic acids is 2. The Kier molecular flexibility index (Phi) is 7.73. The summed E-state index contributed by atoms with van der Waals surface area (Å²) in [5.41, 5.74) is 0.844. The number of halogens is 2. The van der Waals surface area contributed by atoms with E-state index in [1.54, 1.807) is 48.5 Å². The molecule has 0 radical (unpaired) electrons. The summed E-state index contributed by atoms with van der Waals surface area (Å²) in [6.45, 7) is 1.56. The van der Waals surface area contributed by atoms with Crippen LogP contribution in [0.4, 0.5) is 0 Å². The number of hydrogen-bond acceptors (Lipinski definition) is 5. The van der Waals surface area contributed by atoms with Gasteiger partial charge in [0.2, 0.25) is 0 Å². The van der Waals surface area contributed by atoms with Crippen molar-refractivity contribution in [1.82, 2.24) is 0 Å². The normalized spacial score (nSPS) is 10.3. The van der Waals surface area contributed by atoms with E-state index >= 15 is 0 Å². The van der Waals surface area contributed by atoms with E-state index in [1.165, 1.54) is 0 Å². The van der Waals surface area contributed by atoms with E-state index in [-0.39, 0.29) is 0 Å². The molecule has 0 aliphatic rings. The molecular weight excluding hydrogens is 367 g/mol. The minimum absolute atomic E-state index is 0.376. The summed E-state index contributed by atoms with van der Waals surface area (Å²) in [6, 6.07) is 13.1. The second-order valence-corrected chi connectivity index (χ2v) is 5.59. The maximum atomic E-state index is 10.9. The Morgan fingerprint density at radius 3 is 1.32 bits per heavy atom. The summed E-state index contributed by atoms with van der Waals surface area (Å²) in [7, 11) is 0. The summed E-state index contributed by atoms with van der Waals surface area (Å²) in [4.78, 5) is 21.9. The largest absolute Gasteiger partial charge is 0.491 e. The molecule has 0 spiro atoms. The van der Waals surface area contributed by atoms with Gasteiger partial charge in [-0.25, -0.2) is 0 Å². The summed E-state index contributed by atoms with van der Waals surface area (Å²) in [6.07, 6.45) is 0. The van der Waals surface area contributed by atoms with Crippen LogP contribution < -0.4 is 9.47 Å². The van der Waals surface area contributed by atoms with Crippen molar-refractivity contribution in [1.29, 1.82) is 0 Å². The van der Waals surface area contributed by atoms with Crippen molar-refractivity contribution in [3.05, 3.63) is 59.7 Å². The molecule has 132 valence electrons. The van der Waals surface area contributed by atoms with Crippen molar-refractivity contribution in [3.63, 3.8) is 0 Å². The van der Waals surface area contributed by atoms with Crippen molar-refractivity contribution < 1.29 is 23.8 Å². The highest BCUT2D eigenvalue weighted by Crippen LogP contribution is 2.14. The van der Waals surface area contributed by atoms with Crippen molar-refractivity contribution in [2.45, 2.75) is 0 Å². The van der Waals surface area contributed by atoms with Crippen LogP contribution in [0.5, 0.6) is 11.5 Å². The number of rotatable bonds is 10. The molecule has 0 amide bonds. The standard InChI is InChI=1S/C18H16Cl2O5/c19-17(21)13-1-5-15(6-2-13)24-11-9-23-10-12-25-16-7-3-14(4-8-16)18(20)22/h1-8H,9-12H2. The first kappa shape index (κ1) is 19.2. The fourth-order valence-corrected chi connectivity index (χ4v) is 2.16. The molecule has 7 heteroatoms. The Balaban J connectivity index is 1.57. The lowest BCUT2D eigenvalue weighted by atomic mass is 10.2. The minimum Gasteiger partial charge on any atom is -0.491 e. The molecule has 5 nitrogen and oxygen atoms in total. The van der Waals surface area contributed by atoms with Gasteiger partial charge in [-0.15, -0.1) is 0 Å². The van der Waals surface area contributed by atoms with Crippen LogP contribution >= 0.6 is 23.2 Å². The van der Waals surface area contributed by atoms with Gasteiger partial charge in [0.25, 0.3) is 10.5 Å². The molecule has 0 aliphatic carbocycles. The van der Waals surface area contributed by atoms with Gasteiger partial charge in [-0.1, -0.05) is 0 Å². The van der Waals surface area contributed by atoms with Crippen molar-refractivity contribution in [3.8, 4) is 11.5 Å². The average Bonchev–Trinajstić information content (AvgIpc) is 2.61. The highest BCUT2D eigenvalue weighted by Gasteiger charge is 2.02. The van der Waals surface area contributed by atoms with Crippen LogP contribution in [0, 0.1) is 0 Å². The van der Waals surface area contributed by atoms with E-state index in [4.69, 9.17) is 37.4 Å². The summed E-state index contributed by atoms with van der Waals surface area (Å²) < 4.78 is 16.4. The van der Waals surface area contributed by atoms with Crippen LogP contribution in [0.25, 0.3) is 0 Å². The van der Waals surface area contributed by atoms with Crippen LogP contribution in [0.15, 0.2) is 48.5 Å². The molecule has 0 fully saturated rings. The van der Waals surface area contributed by atoms with Crippen LogP contribution in [-0.4, -0.2) is 36.9 Å². The van der Waals surface area contributed by atoms with Gasteiger partial charge >= 0.3 is 0 Å². The lowest BCUT2D eigenvalue weighted by Gasteiger charge is -2.09. The fourth-order valence-electron chi connectivity index (χ4n) is 1.90. The molecule has 0 heterocycles. The van der Waals surface area contributed by atoms with Crippen LogP contribution in [0.3, 0.4) is 0 Å². The molecule has 2 aromatic carbocycles. The Morgan fingerprint density at radius 2 is 1.00 bits per heavy atom. The second kappa shape index (κ2) is 10.0. The lowest BCUT2D eigenvalue weighted by Crippen LogP contribution is -2.12. The second-order valence-electron chi connectivity index (χ2n) is 4.91. The van der Waals surface area contributed by atoms with E-state index in [0.29, 0.717) is 49.1 Å². The van der Waals surface area contributed by atoms with Crippen molar-refractivity contribution >= 4 is 33.7 Å². The van der Waals surface area contributed by atoms with E-state index in [9.17, 15) is 9.59 Å². The monoisotopic (exact) mass is 382 g/mol. The summed E-state index contributed by atoms with van der Waals surface area (Å²) in [5.74, 6) is 1.27. The molecule has 0 N–H and O–H groups in total. The Hall–Kier alpha value is -2.08. The molecule has 0 saturated carbocycles. The third-order valence-corrected chi connectivity index (χ3v) is 3.59. The summed E-state index contributed by atoms with van der Waals surface area (Å²) >= 11 is 10.7. The van der Waals surface area contributed by atoms with Crippen molar-refractivity contribution in [2.24, 2.45) is 0 Å². The van der Waals surface area contributed by atoms with E-state index < -0.39 is 10.5 Å². The molecule has 2 aromatic rings. The highest BCUT2D eigenvalue weighted by atomic mass is 35.5. The molecule has 25 heavy (non-hydrogen) atoms. The Morgan fingerprint density at radius 1 is 0.640 bits per heavy atom. The third-order valence-electron chi connectivity index (χ3n) is 3.16. The average molecular weight is 383 g/mol. The maximum absolute atomic E-state index is 10.9. The third kappa shape index (κ3) is 6.74. The quantitative estimate of drug-likeness (QED) is 0.460. The van der Waals surface area contributed by atoms with Gasteiger partial charge < -0.3 is 14.2 Å². The lowest BCUT2D eigenvalue weighted by molar-refractivity contribution is 0.0764. The number of carbonyl (C=O) groups is 2. The smallest absolute Gasteiger partial charge is 0.252 e. The first-order valence-corrected chi connectivity index (χ1v) is 8.25. The predicted octanol–water partition coefficient (Wildman–Crippen LogP) is 3.92. The van der Waals surface area contributed by atoms with E-state index in [2.05, 4.69) is 0 Å². The van der Waals surface area contributed by atoms with E-state index in [1.807, 2.05) is 0 Å². The van der Waals surface area contributed by atoms with Crippen molar-refractivity contribution in [2.75, 3.05) is 26.4 Å². The molecule has 0 bridgehead atoms. The van der Waals surface area contributed by atoms with Gasteiger partial charge in [-0.2, -0.15) is 0 Å². The Labute approximate surface area is 155 Å². The first-order chi connectivity index (χ1) is 12.1. The molecule has 0 aromatic heterocycles. The number of ether oxygens (including phenoxy) is 3. The molecule has 0 unspecified atom stereocenters. The zero-order chi connectivity index (χ0) is 18.1. The van der Waals surface area contributed by atoms with Gasteiger partial charge in [-0.05, 0) is 71.7 Å².